The Morgan fingerprint density at radius 3 is 2.71 bits per heavy atom. The second-order valence-electron chi connectivity index (χ2n) is 7.01. The molecule has 3 nitrogen and oxygen atoms in total. The van der Waals surface area contributed by atoms with Crippen molar-refractivity contribution >= 4 is 5.91 Å². The summed E-state index contributed by atoms with van der Waals surface area (Å²) in [6, 6.07) is 17.2. The van der Waals surface area contributed by atoms with Crippen LogP contribution in [0.3, 0.4) is 0 Å². The van der Waals surface area contributed by atoms with E-state index < -0.39 is 0 Å². The van der Waals surface area contributed by atoms with E-state index >= 15 is 0 Å². The average molecular weight is 323 g/mol. The monoisotopic (exact) mass is 323 g/mol. The predicted molar refractivity (Wildman–Crippen MR) is 96.9 cm³/mol. The van der Waals surface area contributed by atoms with E-state index in [0.717, 1.165) is 25.8 Å². The maximum absolute atomic E-state index is 12.4. The number of aryl methyl sites for hydroxylation is 2. The summed E-state index contributed by atoms with van der Waals surface area (Å²) < 4.78 is 0. The van der Waals surface area contributed by atoms with E-state index in [4.69, 9.17) is 0 Å². The van der Waals surface area contributed by atoms with Gasteiger partial charge in [-0.3, -0.25) is 4.79 Å². The molecule has 2 atom stereocenters. The third kappa shape index (κ3) is 4.24. The van der Waals surface area contributed by atoms with Gasteiger partial charge in [0.2, 0.25) is 0 Å². The quantitative estimate of drug-likeness (QED) is 0.869. The molecule has 0 aromatic heterocycles. The van der Waals surface area contributed by atoms with Crippen LogP contribution in [-0.2, 0) is 17.8 Å². The number of rotatable bonds is 5. The van der Waals surface area contributed by atoms with Crippen LogP contribution >= 0.6 is 0 Å². The number of carbonyl (C=O) groups is 1. The summed E-state index contributed by atoms with van der Waals surface area (Å²) in [5, 5.41) is 3.24. The maximum Gasteiger partial charge on any atom is 0.275 e. The molecule has 2 aromatic rings. The first-order valence-corrected chi connectivity index (χ1v) is 8.86. The van der Waals surface area contributed by atoms with Gasteiger partial charge in [0, 0.05) is 5.56 Å². The van der Waals surface area contributed by atoms with Gasteiger partial charge >= 0.3 is 0 Å². The molecule has 3 heteroatoms. The molecule has 0 fully saturated rings. The second kappa shape index (κ2) is 7.63. The number of amides is 1. The van der Waals surface area contributed by atoms with Gasteiger partial charge in [0.1, 0.15) is 6.54 Å². The lowest BCUT2D eigenvalue weighted by Gasteiger charge is -2.26. The van der Waals surface area contributed by atoms with Crippen LogP contribution in [0.5, 0.6) is 0 Å². The van der Waals surface area contributed by atoms with Crippen molar-refractivity contribution in [2.45, 2.75) is 38.8 Å². The van der Waals surface area contributed by atoms with Crippen molar-refractivity contribution in [1.29, 1.82) is 0 Å². The van der Waals surface area contributed by atoms with Crippen LogP contribution in [-0.4, -0.2) is 19.5 Å². The first-order chi connectivity index (χ1) is 11.6. The largest absolute Gasteiger partial charge is 0.344 e. The molecule has 0 spiro atoms. The molecule has 1 aliphatic rings. The summed E-state index contributed by atoms with van der Waals surface area (Å²) >= 11 is 0. The first-order valence-electron chi connectivity index (χ1n) is 8.86. The molecule has 0 heterocycles. The summed E-state index contributed by atoms with van der Waals surface area (Å²) in [6.07, 6.45) is 3.31. The SMILES string of the molecule is Cc1ccc(C[NH+](C)CC(=O)N[C@H]2CCCc3ccccc32)cc1. The van der Waals surface area contributed by atoms with Crippen LogP contribution in [0.15, 0.2) is 48.5 Å². The molecule has 0 saturated heterocycles. The average Bonchev–Trinajstić information content (AvgIpc) is 2.57. The predicted octanol–water partition coefficient (Wildman–Crippen LogP) is 2.20. The number of hydrogen-bond donors (Lipinski definition) is 2. The highest BCUT2D eigenvalue weighted by atomic mass is 16.2. The standard InChI is InChI=1S/C21H26N2O/c1-16-10-12-17(13-11-16)14-23(2)15-21(24)22-20-9-5-7-18-6-3-4-8-19(18)20/h3-4,6,8,10-13,20H,5,7,9,14-15H2,1-2H3,(H,22,24)/p+1/t20-/m0/s1. The zero-order valence-electron chi connectivity index (χ0n) is 14.6. The third-order valence-corrected chi connectivity index (χ3v) is 4.79. The fraction of sp³-hybridized carbons (Fsp3) is 0.381. The van der Waals surface area contributed by atoms with Crippen molar-refractivity contribution in [3.63, 3.8) is 0 Å². The summed E-state index contributed by atoms with van der Waals surface area (Å²) in [4.78, 5) is 13.7. The van der Waals surface area contributed by atoms with Crippen molar-refractivity contribution in [2.24, 2.45) is 0 Å². The van der Waals surface area contributed by atoms with E-state index in [2.05, 4.69) is 67.8 Å². The molecule has 126 valence electrons. The molecule has 24 heavy (non-hydrogen) atoms. The Kier molecular flexibility index (Phi) is 5.31. The molecule has 1 unspecified atom stereocenters. The van der Waals surface area contributed by atoms with Gasteiger partial charge in [-0.05, 0) is 37.3 Å². The Hall–Kier alpha value is -2.13. The molecule has 2 N–H and O–H groups in total. The molecule has 1 aliphatic carbocycles. The minimum absolute atomic E-state index is 0.140. The molecule has 0 aliphatic heterocycles. The molecule has 0 saturated carbocycles. The zero-order chi connectivity index (χ0) is 16.9. The lowest BCUT2D eigenvalue weighted by Crippen LogP contribution is -3.08. The van der Waals surface area contributed by atoms with Crippen LogP contribution in [0.4, 0.5) is 0 Å². The molecule has 2 aromatic carbocycles. The second-order valence-corrected chi connectivity index (χ2v) is 7.01. The van der Waals surface area contributed by atoms with E-state index in [1.165, 1.54) is 27.2 Å². The Balaban J connectivity index is 1.55. The van der Waals surface area contributed by atoms with Crippen molar-refractivity contribution < 1.29 is 9.69 Å². The van der Waals surface area contributed by atoms with Gasteiger partial charge in [-0.25, -0.2) is 0 Å². The zero-order valence-corrected chi connectivity index (χ0v) is 14.6. The van der Waals surface area contributed by atoms with Crippen LogP contribution in [0.2, 0.25) is 0 Å². The normalized spacial score (nSPS) is 17.8. The highest BCUT2D eigenvalue weighted by Gasteiger charge is 2.22. The number of quaternary nitrogens is 1. The van der Waals surface area contributed by atoms with Gasteiger partial charge in [-0.1, -0.05) is 54.1 Å². The van der Waals surface area contributed by atoms with Gasteiger partial charge in [0.05, 0.1) is 13.1 Å². The Labute approximate surface area is 144 Å². The van der Waals surface area contributed by atoms with Gasteiger partial charge < -0.3 is 10.2 Å². The summed E-state index contributed by atoms with van der Waals surface area (Å²) in [6.45, 7) is 3.47. The summed E-state index contributed by atoms with van der Waals surface area (Å²) in [7, 11) is 2.08. The third-order valence-electron chi connectivity index (χ3n) is 4.79. The molecule has 1 amide bonds. The minimum atomic E-state index is 0.140. The van der Waals surface area contributed by atoms with Crippen molar-refractivity contribution in [1.82, 2.24) is 5.32 Å². The molecular weight excluding hydrogens is 296 g/mol. The van der Waals surface area contributed by atoms with Crippen molar-refractivity contribution in [3.8, 4) is 0 Å². The van der Waals surface area contributed by atoms with Crippen LogP contribution < -0.4 is 10.2 Å². The number of fused-ring (bicyclic) bond motifs is 1. The highest BCUT2D eigenvalue weighted by Crippen LogP contribution is 2.29. The topological polar surface area (TPSA) is 33.5 Å². The number of nitrogens with one attached hydrogen (secondary N) is 2. The molecule has 0 radical (unpaired) electrons. The van der Waals surface area contributed by atoms with Gasteiger partial charge in [-0.15, -0.1) is 0 Å². The molecule has 3 rings (SSSR count). The first kappa shape index (κ1) is 16.7. The van der Waals surface area contributed by atoms with Crippen molar-refractivity contribution in [3.05, 3.63) is 70.8 Å². The lowest BCUT2D eigenvalue weighted by atomic mass is 9.88. The molecular formula is C21H27N2O+. The number of hydrogen-bond acceptors (Lipinski definition) is 1. The maximum atomic E-state index is 12.4. The van der Waals surface area contributed by atoms with Crippen LogP contribution in [0, 0.1) is 6.92 Å². The smallest absolute Gasteiger partial charge is 0.275 e. The highest BCUT2D eigenvalue weighted by molar-refractivity contribution is 5.77. The van der Waals surface area contributed by atoms with E-state index in [1.807, 2.05) is 0 Å². The fourth-order valence-corrected chi connectivity index (χ4v) is 3.54. The van der Waals surface area contributed by atoms with Gasteiger partial charge in [0.25, 0.3) is 5.91 Å². The fourth-order valence-electron chi connectivity index (χ4n) is 3.54. The Morgan fingerprint density at radius 2 is 1.92 bits per heavy atom. The van der Waals surface area contributed by atoms with Crippen LogP contribution in [0.1, 0.15) is 41.1 Å². The Bertz CT molecular complexity index is 693. The van der Waals surface area contributed by atoms with E-state index in [1.54, 1.807) is 0 Å². The Morgan fingerprint density at radius 1 is 1.17 bits per heavy atom. The van der Waals surface area contributed by atoms with Gasteiger partial charge in [-0.2, -0.15) is 0 Å². The minimum Gasteiger partial charge on any atom is -0.344 e. The van der Waals surface area contributed by atoms with E-state index in [-0.39, 0.29) is 11.9 Å². The summed E-state index contributed by atoms with van der Waals surface area (Å²) in [5.74, 6) is 0.140. The molecule has 0 bridgehead atoms. The van der Waals surface area contributed by atoms with Gasteiger partial charge in [0.15, 0.2) is 6.54 Å². The summed E-state index contributed by atoms with van der Waals surface area (Å²) in [5.41, 5.74) is 5.22. The lowest BCUT2D eigenvalue weighted by molar-refractivity contribution is -0.885. The van der Waals surface area contributed by atoms with E-state index in [9.17, 15) is 4.79 Å². The van der Waals surface area contributed by atoms with Crippen molar-refractivity contribution in [2.75, 3.05) is 13.6 Å². The number of benzene rings is 2. The number of likely N-dealkylation sites (N-methyl/N-ethyl adjacent to an activating group) is 1. The van der Waals surface area contributed by atoms with Crippen LogP contribution in [0.25, 0.3) is 0 Å². The number of carbonyl (C=O) groups excluding carboxylic acids is 1. The van der Waals surface area contributed by atoms with E-state index in [0.29, 0.717) is 6.54 Å².